The van der Waals surface area contributed by atoms with E-state index < -0.39 is 39.3 Å². The van der Waals surface area contributed by atoms with E-state index >= 15 is 0 Å². The summed E-state index contributed by atoms with van der Waals surface area (Å²) in [5, 5.41) is 11.9. The van der Waals surface area contributed by atoms with Crippen molar-refractivity contribution in [1.29, 1.82) is 0 Å². The summed E-state index contributed by atoms with van der Waals surface area (Å²) in [6, 6.07) is 9.58. The lowest BCUT2D eigenvalue weighted by molar-refractivity contribution is -0.140. The number of esters is 1. The number of ether oxygens (including phenoxy) is 1. The maximum Gasteiger partial charge on any atom is 0.302 e. The fourth-order valence-corrected chi connectivity index (χ4v) is 5.84. The molecular formula is C22H25F2NO5S. The molecule has 1 saturated heterocycles. The first kappa shape index (κ1) is 23.3. The SMILES string of the molecule is CC(=O)OCCCS(=O)(=O)N1CCC[C@@H]1C(O)(c1cccc(F)c1)c1cccc(F)c1. The van der Waals surface area contributed by atoms with Crippen LogP contribution in [0.1, 0.15) is 37.3 Å². The summed E-state index contributed by atoms with van der Waals surface area (Å²) in [5.41, 5.74) is -1.67. The normalized spacial score (nSPS) is 17.6. The third-order valence-corrected chi connectivity index (χ3v) is 7.38. The van der Waals surface area contributed by atoms with Crippen LogP contribution in [0.25, 0.3) is 0 Å². The topological polar surface area (TPSA) is 83.9 Å². The molecule has 31 heavy (non-hydrogen) atoms. The van der Waals surface area contributed by atoms with Crippen molar-refractivity contribution in [2.45, 2.75) is 37.8 Å². The predicted molar refractivity (Wildman–Crippen MR) is 111 cm³/mol. The van der Waals surface area contributed by atoms with Crippen LogP contribution >= 0.6 is 0 Å². The van der Waals surface area contributed by atoms with Crippen molar-refractivity contribution >= 4 is 16.0 Å². The molecular weight excluding hydrogens is 428 g/mol. The summed E-state index contributed by atoms with van der Waals surface area (Å²) < 4.78 is 60.2. The molecule has 9 heteroatoms. The molecule has 1 aliphatic heterocycles. The van der Waals surface area contributed by atoms with Gasteiger partial charge in [0.25, 0.3) is 0 Å². The van der Waals surface area contributed by atoms with Gasteiger partial charge in [0.05, 0.1) is 18.4 Å². The third-order valence-electron chi connectivity index (χ3n) is 5.42. The molecule has 2 aromatic carbocycles. The van der Waals surface area contributed by atoms with E-state index in [0.29, 0.717) is 12.8 Å². The van der Waals surface area contributed by atoms with Gasteiger partial charge in [-0.15, -0.1) is 0 Å². The second kappa shape index (κ2) is 9.42. The number of halogens is 2. The number of carbonyl (C=O) groups excluding carboxylic acids is 1. The van der Waals surface area contributed by atoms with Crippen molar-refractivity contribution in [2.24, 2.45) is 0 Å². The molecule has 0 saturated carbocycles. The van der Waals surface area contributed by atoms with Crippen molar-refractivity contribution < 1.29 is 31.8 Å². The summed E-state index contributed by atoms with van der Waals surface area (Å²) in [5.74, 6) is -1.97. The van der Waals surface area contributed by atoms with E-state index in [9.17, 15) is 27.1 Å². The van der Waals surface area contributed by atoms with Crippen LogP contribution in [-0.4, -0.2) is 48.7 Å². The van der Waals surface area contributed by atoms with Crippen LogP contribution < -0.4 is 0 Å². The number of nitrogens with zero attached hydrogens (tertiary/aromatic N) is 1. The zero-order valence-corrected chi connectivity index (χ0v) is 17.9. The van der Waals surface area contributed by atoms with Crippen LogP contribution in [0.2, 0.25) is 0 Å². The largest absolute Gasteiger partial charge is 0.466 e. The number of aliphatic hydroxyl groups is 1. The highest BCUT2D eigenvalue weighted by atomic mass is 32.2. The summed E-state index contributed by atoms with van der Waals surface area (Å²) in [4.78, 5) is 10.9. The number of hydrogen-bond acceptors (Lipinski definition) is 5. The fraction of sp³-hybridized carbons (Fsp3) is 0.409. The van der Waals surface area contributed by atoms with Gasteiger partial charge in [0.15, 0.2) is 0 Å². The minimum Gasteiger partial charge on any atom is -0.466 e. The van der Waals surface area contributed by atoms with Gasteiger partial charge in [-0.25, -0.2) is 17.2 Å². The van der Waals surface area contributed by atoms with E-state index in [2.05, 4.69) is 0 Å². The molecule has 0 radical (unpaired) electrons. The average molecular weight is 454 g/mol. The van der Waals surface area contributed by atoms with E-state index in [4.69, 9.17) is 4.74 Å². The number of sulfonamides is 1. The summed E-state index contributed by atoms with van der Waals surface area (Å²) in [7, 11) is -3.83. The highest BCUT2D eigenvalue weighted by Gasteiger charge is 2.49. The highest BCUT2D eigenvalue weighted by Crippen LogP contribution is 2.42. The smallest absolute Gasteiger partial charge is 0.302 e. The van der Waals surface area contributed by atoms with Gasteiger partial charge in [0, 0.05) is 13.5 Å². The van der Waals surface area contributed by atoms with Crippen molar-refractivity contribution in [3.63, 3.8) is 0 Å². The first-order valence-electron chi connectivity index (χ1n) is 10.0. The Balaban J connectivity index is 1.99. The molecule has 0 unspecified atom stereocenters. The predicted octanol–water partition coefficient (Wildman–Crippen LogP) is 2.95. The van der Waals surface area contributed by atoms with Crippen LogP contribution in [0.15, 0.2) is 48.5 Å². The van der Waals surface area contributed by atoms with Gasteiger partial charge in [-0.1, -0.05) is 24.3 Å². The molecule has 1 fully saturated rings. The summed E-state index contributed by atoms with van der Waals surface area (Å²) in [6.45, 7) is 1.38. The van der Waals surface area contributed by atoms with Gasteiger partial charge in [-0.2, -0.15) is 4.31 Å². The van der Waals surface area contributed by atoms with E-state index in [1.165, 1.54) is 47.6 Å². The highest BCUT2D eigenvalue weighted by molar-refractivity contribution is 7.89. The Labute approximate surface area is 180 Å². The number of rotatable bonds is 8. The Kier molecular flexibility index (Phi) is 7.08. The number of benzene rings is 2. The molecule has 1 aliphatic rings. The number of carbonyl (C=O) groups is 1. The van der Waals surface area contributed by atoms with Crippen LogP contribution in [0.3, 0.4) is 0 Å². The summed E-state index contributed by atoms with van der Waals surface area (Å²) >= 11 is 0. The van der Waals surface area contributed by atoms with Gasteiger partial charge in [0.2, 0.25) is 10.0 Å². The first-order valence-corrected chi connectivity index (χ1v) is 11.6. The third kappa shape index (κ3) is 5.11. The van der Waals surface area contributed by atoms with Gasteiger partial charge < -0.3 is 9.84 Å². The Morgan fingerprint density at radius 3 is 2.26 bits per heavy atom. The molecule has 0 amide bonds. The standard InChI is InChI=1S/C22H25F2NO5S/c1-16(26)30-12-5-13-31(28,29)25-11-4-10-21(25)22(27,17-6-2-8-19(23)14-17)18-7-3-9-20(24)15-18/h2-3,6-9,14-15,21,27H,4-5,10-13H2,1H3/t21-/m1/s1. The first-order chi connectivity index (χ1) is 14.6. The van der Waals surface area contributed by atoms with Gasteiger partial charge in [-0.3, -0.25) is 4.79 Å². The molecule has 168 valence electrons. The van der Waals surface area contributed by atoms with E-state index in [1.54, 1.807) is 0 Å². The van der Waals surface area contributed by atoms with Gasteiger partial charge in [0.1, 0.15) is 17.2 Å². The Morgan fingerprint density at radius 2 is 1.74 bits per heavy atom. The average Bonchev–Trinajstić information content (AvgIpc) is 3.22. The van der Waals surface area contributed by atoms with Gasteiger partial charge >= 0.3 is 5.97 Å². The van der Waals surface area contributed by atoms with E-state index in [1.807, 2.05) is 0 Å². The van der Waals surface area contributed by atoms with Crippen LogP contribution in [0.4, 0.5) is 8.78 Å². The second-order valence-electron chi connectivity index (χ2n) is 7.57. The Morgan fingerprint density at radius 1 is 1.16 bits per heavy atom. The van der Waals surface area contributed by atoms with Crippen molar-refractivity contribution in [3.8, 4) is 0 Å². The lowest BCUT2D eigenvalue weighted by Crippen LogP contribution is -2.51. The van der Waals surface area contributed by atoms with Crippen LogP contribution in [0.5, 0.6) is 0 Å². The molecule has 0 spiro atoms. The zero-order valence-electron chi connectivity index (χ0n) is 17.1. The lowest BCUT2D eigenvalue weighted by Gasteiger charge is -2.39. The fourth-order valence-electron chi connectivity index (χ4n) is 4.07. The minimum atomic E-state index is -3.83. The molecule has 1 N–H and O–H groups in total. The molecule has 0 bridgehead atoms. The van der Waals surface area contributed by atoms with Crippen molar-refractivity contribution in [1.82, 2.24) is 4.31 Å². The molecule has 0 aliphatic carbocycles. The quantitative estimate of drug-likeness (QED) is 0.491. The summed E-state index contributed by atoms with van der Waals surface area (Å²) in [6.07, 6.45) is 0.900. The van der Waals surface area contributed by atoms with Gasteiger partial charge in [-0.05, 0) is 54.7 Å². The lowest BCUT2D eigenvalue weighted by atomic mass is 9.79. The molecule has 1 atom stereocenters. The van der Waals surface area contributed by atoms with Crippen molar-refractivity contribution in [3.05, 3.63) is 71.3 Å². The van der Waals surface area contributed by atoms with Crippen LogP contribution in [-0.2, 0) is 25.2 Å². The molecule has 3 rings (SSSR count). The maximum atomic E-state index is 14.0. The van der Waals surface area contributed by atoms with E-state index in [0.717, 1.165) is 12.1 Å². The number of hydrogen-bond donors (Lipinski definition) is 1. The molecule has 1 heterocycles. The van der Waals surface area contributed by atoms with Crippen LogP contribution in [0, 0.1) is 11.6 Å². The Bertz CT molecular complexity index is 998. The Hall–Kier alpha value is -2.36. The molecule has 2 aromatic rings. The second-order valence-corrected chi connectivity index (χ2v) is 9.61. The molecule has 0 aromatic heterocycles. The molecule has 6 nitrogen and oxygen atoms in total. The maximum absolute atomic E-state index is 14.0. The monoisotopic (exact) mass is 453 g/mol. The minimum absolute atomic E-state index is 0.0366. The zero-order chi connectivity index (χ0) is 22.6. The van der Waals surface area contributed by atoms with Crippen molar-refractivity contribution in [2.75, 3.05) is 18.9 Å². The van der Waals surface area contributed by atoms with E-state index in [-0.39, 0.29) is 36.5 Å².